The van der Waals surface area contributed by atoms with Gasteiger partial charge in [0.1, 0.15) is 0 Å². The summed E-state index contributed by atoms with van der Waals surface area (Å²) in [5.41, 5.74) is 4.96. The van der Waals surface area contributed by atoms with E-state index in [0.717, 1.165) is 32.1 Å². The lowest BCUT2D eigenvalue weighted by Crippen LogP contribution is -2.33. The van der Waals surface area contributed by atoms with Crippen LogP contribution in [0.25, 0.3) is 0 Å². The molecule has 0 radical (unpaired) electrons. The molecular formula is C22H38N2. The third-order valence-corrected chi connectivity index (χ3v) is 5.48. The summed E-state index contributed by atoms with van der Waals surface area (Å²) in [7, 11) is 0. The van der Waals surface area contributed by atoms with E-state index in [1.165, 1.54) is 22.8 Å². The SMILES string of the molecule is C.CCC(C)C(C)(C)c1nc2c(nc1C(C)(C)C)CC/C=C/CC2. The molecule has 1 atom stereocenters. The Morgan fingerprint density at radius 2 is 1.38 bits per heavy atom. The van der Waals surface area contributed by atoms with E-state index >= 15 is 0 Å². The van der Waals surface area contributed by atoms with Crippen LogP contribution in [0.3, 0.4) is 0 Å². The Morgan fingerprint density at radius 1 is 0.917 bits per heavy atom. The lowest BCUT2D eigenvalue weighted by molar-refractivity contribution is 0.316. The van der Waals surface area contributed by atoms with Gasteiger partial charge < -0.3 is 0 Å². The average Bonchev–Trinajstić information content (AvgIpc) is 2.45. The maximum absolute atomic E-state index is 5.23. The van der Waals surface area contributed by atoms with Gasteiger partial charge in [0.2, 0.25) is 0 Å². The van der Waals surface area contributed by atoms with E-state index in [1.54, 1.807) is 0 Å². The van der Waals surface area contributed by atoms with Crippen LogP contribution >= 0.6 is 0 Å². The topological polar surface area (TPSA) is 25.8 Å². The average molecular weight is 331 g/mol. The first-order chi connectivity index (χ1) is 10.7. The zero-order chi connectivity index (χ0) is 17.3. The monoisotopic (exact) mass is 330 g/mol. The molecule has 24 heavy (non-hydrogen) atoms. The normalized spacial score (nSPS) is 18.0. The number of rotatable bonds is 3. The van der Waals surface area contributed by atoms with Gasteiger partial charge in [-0.25, -0.2) is 0 Å². The summed E-state index contributed by atoms with van der Waals surface area (Å²) in [4.78, 5) is 10.4. The van der Waals surface area contributed by atoms with Crippen molar-refractivity contribution in [3.63, 3.8) is 0 Å². The van der Waals surface area contributed by atoms with Crippen molar-refractivity contribution in [2.24, 2.45) is 5.92 Å². The maximum atomic E-state index is 5.23. The van der Waals surface area contributed by atoms with E-state index in [0.29, 0.717) is 5.92 Å². The van der Waals surface area contributed by atoms with Crippen molar-refractivity contribution in [3.05, 3.63) is 34.9 Å². The van der Waals surface area contributed by atoms with E-state index < -0.39 is 0 Å². The van der Waals surface area contributed by atoms with Crippen LogP contribution in [0.15, 0.2) is 12.2 Å². The molecule has 2 nitrogen and oxygen atoms in total. The molecule has 1 unspecified atom stereocenters. The van der Waals surface area contributed by atoms with Crippen LogP contribution in [0, 0.1) is 5.92 Å². The third kappa shape index (κ3) is 4.26. The van der Waals surface area contributed by atoms with Crippen molar-refractivity contribution < 1.29 is 0 Å². The fraction of sp³-hybridized carbons (Fsp3) is 0.727. The van der Waals surface area contributed by atoms with Crippen LogP contribution in [0.1, 0.15) is 97.9 Å². The minimum absolute atomic E-state index is 0. The molecule has 0 aliphatic heterocycles. The van der Waals surface area contributed by atoms with Crippen LogP contribution in [-0.2, 0) is 23.7 Å². The molecule has 1 aliphatic rings. The van der Waals surface area contributed by atoms with Gasteiger partial charge in [0, 0.05) is 10.8 Å². The van der Waals surface area contributed by atoms with Gasteiger partial charge in [-0.3, -0.25) is 9.97 Å². The van der Waals surface area contributed by atoms with Crippen molar-refractivity contribution in [2.45, 2.75) is 98.8 Å². The Balaban J connectivity index is 0.00000288. The lowest BCUT2D eigenvalue weighted by Gasteiger charge is -2.35. The molecule has 2 rings (SSSR count). The summed E-state index contributed by atoms with van der Waals surface area (Å²) in [5, 5.41) is 0. The highest BCUT2D eigenvalue weighted by Crippen LogP contribution is 2.38. The van der Waals surface area contributed by atoms with Gasteiger partial charge in [0.25, 0.3) is 0 Å². The molecule has 1 aromatic rings. The minimum atomic E-state index is 0. The van der Waals surface area contributed by atoms with E-state index in [2.05, 4.69) is 60.6 Å². The zero-order valence-corrected chi connectivity index (χ0v) is 16.2. The van der Waals surface area contributed by atoms with Gasteiger partial charge in [-0.05, 0) is 31.6 Å². The number of allylic oxidation sites excluding steroid dienone is 2. The van der Waals surface area contributed by atoms with E-state index in [9.17, 15) is 0 Å². The summed E-state index contributed by atoms with van der Waals surface area (Å²) in [5.74, 6) is 0.587. The Bertz CT molecular complexity index is 576. The highest BCUT2D eigenvalue weighted by Gasteiger charge is 2.35. The van der Waals surface area contributed by atoms with Crippen LogP contribution in [0.4, 0.5) is 0 Å². The number of aromatic nitrogens is 2. The van der Waals surface area contributed by atoms with Gasteiger partial charge in [0.15, 0.2) is 0 Å². The van der Waals surface area contributed by atoms with E-state index in [1.807, 2.05) is 0 Å². The molecule has 0 saturated carbocycles. The fourth-order valence-corrected chi connectivity index (χ4v) is 3.30. The number of nitrogens with zero attached hydrogens (tertiary/aromatic N) is 2. The first-order valence-corrected chi connectivity index (χ1v) is 9.23. The summed E-state index contributed by atoms with van der Waals surface area (Å²) in [6.07, 6.45) is 9.95. The molecule has 1 aliphatic carbocycles. The largest absolute Gasteiger partial charge is 0.253 e. The van der Waals surface area contributed by atoms with Crippen molar-refractivity contribution in [1.29, 1.82) is 0 Å². The first-order valence-electron chi connectivity index (χ1n) is 9.23. The zero-order valence-electron chi connectivity index (χ0n) is 16.2. The van der Waals surface area contributed by atoms with Crippen molar-refractivity contribution in [2.75, 3.05) is 0 Å². The number of aryl methyl sites for hydroxylation is 2. The van der Waals surface area contributed by atoms with Gasteiger partial charge >= 0.3 is 0 Å². The maximum Gasteiger partial charge on any atom is 0.0686 e. The summed E-state index contributed by atoms with van der Waals surface area (Å²) >= 11 is 0. The van der Waals surface area contributed by atoms with Gasteiger partial charge in [0.05, 0.1) is 22.8 Å². The van der Waals surface area contributed by atoms with Crippen LogP contribution in [0.5, 0.6) is 0 Å². The predicted molar refractivity (Wildman–Crippen MR) is 106 cm³/mol. The molecule has 1 heterocycles. The second-order valence-corrected chi connectivity index (χ2v) is 8.64. The minimum Gasteiger partial charge on any atom is -0.253 e. The van der Waals surface area contributed by atoms with Crippen LogP contribution in [0.2, 0.25) is 0 Å². The standard InChI is InChI=1S/C21H34N2.CH4/c1-8-15(2)21(6,7)19-18(20(3,4)5)22-16-13-11-9-10-12-14-17(16)23-19;/h9-10,15H,8,11-14H2,1-7H3;1H4/b10-9+;. The number of fused-ring (bicyclic) bond motifs is 1. The van der Waals surface area contributed by atoms with Crippen LogP contribution < -0.4 is 0 Å². The van der Waals surface area contributed by atoms with Crippen LogP contribution in [-0.4, -0.2) is 9.97 Å². The smallest absolute Gasteiger partial charge is 0.0686 e. The Hall–Kier alpha value is -1.18. The van der Waals surface area contributed by atoms with Gasteiger partial charge in [-0.2, -0.15) is 0 Å². The first kappa shape index (κ1) is 20.9. The molecular weight excluding hydrogens is 292 g/mol. The highest BCUT2D eigenvalue weighted by atomic mass is 14.9. The fourth-order valence-electron chi connectivity index (χ4n) is 3.30. The predicted octanol–water partition coefficient (Wildman–Crippen LogP) is 6.17. The summed E-state index contributed by atoms with van der Waals surface area (Å²) < 4.78 is 0. The molecule has 2 heteroatoms. The van der Waals surface area contributed by atoms with Crippen molar-refractivity contribution in [3.8, 4) is 0 Å². The Kier molecular flexibility index (Phi) is 6.78. The second kappa shape index (κ2) is 7.80. The van der Waals surface area contributed by atoms with Crippen molar-refractivity contribution in [1.82, 2.24) is 9.97 Å². The molecule has 0 saturated heterocycles. The Morgan fingerprint density at radius 3 is 1.79 bits per heavy atom. The summed E-state index contributed by atoms with van der Waals surface area (Å²) in [6.45, 7) is 16.1. The number of hydrogen-bond donors (Lipinski definition) is 0. The van der Waals surface area contributed by atoms with E-state index in [4.69, 9.17) is 9.97 Å². The molecule has 136 valence electrons. The second-order valence-electron chi connectivity index (χ2n) is 8.64. The van der Waals surface area contributed by atoms with Gasteiger partial charge in [-0.15, -0.1) is 0 Å². The molecule has 0 bridgehead atoms. The van der Waals surface area contributed by atoms with E-state index in [-0.39, 0.29) is 18.3 Å². The highest BCUT2D eigenvalue weighted by molar-refractivity contribution is 5.32. The lowest BCUT2D eigenvalue weighted by atomic mass is 9.72. The number of hydrogen-bond acceptors (Lipinski definition) is 2. The molecule has 0 aromatic carbocycles. The molecule has 0 N–H and O–H groups in total. The quantitative estimate of drug-likeness (QED) is 0.619. The van der Waals surface area contributed by atoms with Gasteiger partial charge in [-0.1, -0.05) is 74.5 Å². The summed E-state index contributed by atoms with van der Waals surface area (Å²) in [6, 6.07) is 0. The molecule has 0 spiro atoms. The van der Waals surface area contributed by atoms with Crippen molar-refractivity contribution >= 4 is 0 Å². The molecule has 0 fully saturated rings. The molecule has 1 aromatic heterocycles. The third-order valence-electron chi connectivity index (χ3n) is 5.48. The molecule has 0 amide bonds. The Labute approximate surface area is 150 Å².